The Morgan fingerprint density at radius 1 is 0.525 bits per heavy atom. The maximum absolute atomic E-state index is 6.33. The Morgan fingerprint density at radius 2 is 0.950 bits per heavy atom. The molecule has 0 aliphatic heterocycles. The largest absolute Gasteiger partial charge is 0.355 e. The summed E-state index contributed by atoms with van der Waals surface area (Å²) in [5.74, 6) is 0. The molecule has 0 saturated heterocycles. The number of para-hydroxylation sites is 2. The van der Waals surface area contributed by atoms with Crippen LogP contribution in [0.25, 0.3) is 21.8 Å². The van der Waals surface area contributed by atoms with Gasteiger partial charge in [0.1, 0.15) is 0 Å². The van der Waals surface area contributed by atoms with Gasteiger partial charge in [0, 0.05) is 55.0 Å². The summed E-state index contributed by atoms with van der Waals surface area (Å²) in [6, 6.07) is 32.7. The van der Waals surface area contributed by atoms with E-state index in [1.54, 1.807) is 0 Å². The number of hydrogen-bond acceptors (Lipinski definition) is 4. The second-order valence-corrected chi connectivity index (χ2v) is 10.9. The predicted octanol–water partition coefficient (Wildman–Crippen LogP) is 9.98. The third-order valence-electron chi connectivity index (χ3n) is 7.03. The van der Waals surface area contributed by atoms with Crippen molar-refractivity contribution in [2.45, 2.75) is 26.7 Å². The summed E-state index contributed by atoms with van der Waals surface area (Å²) in [7, 11) is 0. The van der Waals surface area contributed by atoms with Gasteiger partial charge < -0.3 is 10.6 Å². The molecule has 0 aliphatic rings. The van der Waals surface area contributed by atoms with Crippen LogP contribution in [0.1, 0.15) is 22.5 Å². The molecule has 0 amide bonds. The molecule has 0 fully saturated rings. The summed E-state index contributed by atoms with van der Waals surface area (Å²) in [6.07, 6.45) is 1.74. The molecule has 2 heterocycles. The summed E-state index contributed by atoms with van der Waals surface area (Å²) in [5.41, 5.74) is 10.4. The van der Waals surface area contributed by atoms with E-state index in [1.165, 1.54) is 11.1 Å². The highest BCUT2D eigenvalue weighted by molar-refractivity contribution is 6.31. The highest BCUT2D eigenvalue weighted by Crippen LogP contribution is 2.33. The highest BCUT2D eigenvalue weighted by atomic mass is 35.5. The topological polar surface area (TPSA) is 49.8 Å². The van der Waals surface area contributed by atoms with Crippen LogP contribution in [-0.4, -0.2) is 9.97 Å². The van der Waals surface area contributed by atoms with Gasteiger partial charge in [-0.1, -0.05) is 59.6 Å². The monoisotopic (exact) mass is 562 g/mol. The highest BCUT2D eigenvalue weighted by Gasteiger charge is 2.11. The van der Waals surface area contributed by atoms with Crippen molar-refractivity contribution in [3.05, 3.63) is 130 Å². The third kappa shape index (κ3) is 5.60. The molecule has 6 rings (SSSR count). The summed E-state index contributed by atoms with van der Waals surface area (Å²) < 4.78 is 0. The Labute approximate surface area is 244 Å². The molecule has 0 bridgehead atoms. The molecule has 0 radical (unpaired) electrons. The molecule has 198 valence electrons. The van der Waals surface area contributed by atoms with Gasteiger partial charge in [-0.05, 0) is 98.5 Å². The van der Waals surface area contributed by atoms with E-state index < -0.39 is 0 Å². The minimum absolute atomic E-state index is 0.693. The molecule has 6 heteroatoms. The Balaban J connectivity index is 1.28. The number of pyridine rings is 2. The molecule has 0 unspecified atom stereocenters. The van der Waals surface area contributed by atoms with Crippen LogP contribution in [0.3, 0.4) is 0 Å². The summed E-state index contributed by atoms with van der Waals surface area (Å²) in [6.45, 7) is 4.02. The fraction of sp³-hybridized carbons (Fsp3) is 0.118. The fourth-order valence-electron chi connectivity index (χ4n) is 5.15. The molecule has 2 aromatic heterocycles. The van der Waals surface area contributed by atoms with Crippen LogP contribution in [-0.2, 0) is 12.8 Å². The Hall–Kier alpha value is -4.12. The lowest BCUT2D eigenvalue weighted by molar-refractivity contribution is 0.964. The van der Waals surface area contributed by atoms with E-state index >= 15 is 0 Å². The molecular formula is C34H28Cl2N4. The van der Waals surface area contributed by atoms with Crippen LogP contribution in [0.2, 0.25) is 10.0 Å². The zero-order chi connectivity index (χ0) is 27.6. The van der Waals surface area contributed by atoms with Gasteiger partial charge in [0.2, 0.25) is 0 Å². The number of aromatic nitrogens is 2. The molecule has 40 heavy (non-hydrogen) atoms. The van der Waals surface area contributed by atoms with E-state index in [0.29, 0.717) is 10.0 Å². The average molecular weight is 564 g/mol. The first-order valence-corrected chi connectivity index (χ1v) is 14.0. The second-order valence-electron chi connectivity index (χ2n) is 10.0. The van der Waals surface area contributed by atoms with Crippen LogP contribution in [0, 0.1) is 13.8 Å². The zero-order valence-electron chi connectivity index (χ0n) is 22.3. The van der Waals surface area contributed by atoms with Crippen molar-refractivity contribution in [2.75, 3.05) is 10.6 Å². The molecule has 6 aromatic rings. The van der Waals surface area contributed by atoms with Crippen molar-refractivity contribution >= 4 is 67.8 Å². The molecule has 0 atom stereocenters. The standard InChI is InChI=1S/C34H28Cl2N4/c1-21-17-33(27-19-25(35)13-15-31(27)37-21)39-29-9-5-3-7-23(29)11-12-24-8-4-6-10-30(24)40-34-18-22(2)38-32-16-14-26(36)20-28(32)34/h3-10,13-20H,11-12H2,1-2H3,(H,37,39)(H,38,40). The van der Waals surface area contributed by atoms with Crippen LogP contribution in [0.4, 0.5) is 22.7 Å². The maximum Gasteiger partial charge on any atom is 0.0727 e. The van der Waals surface area contributed by atoms with E-state index in [4.69, 9.17) is 23.2 Å². The number of rotatable bonds is 7. The lowest BCUT2D eigenvalue weighted by Crippen LogP contribution is -2.02. The Bertz CT molecular complexity index is 1730. The van der Waals surface area contributed by atoms with Crippen LogP contribution < -0.4 is 10.6 Å². The SMILES string of the molecule is Cc1cc(Nc2ccccc2CCc2ccccc2Nc2cc(C)nc3ccc(Cl)cc23)c2cc(Cl)ccc2n1. The number of aryl methyl sites for hydroxylation is 4. The quantitative estimate of drug-likeness (QED) is 0.203. The van der Waals surface area contributed by atoms with Crippen LogP contribution in [0.15, 0.2) is 97.1 Å². The zero-order valence-corrected chi connectivity index (χ0v) is 23.8. The number of anilines is 4. The average Bonchev–Trinajstić information content (AvgIpc) is 2.94. The van der Waals surface area contributed by atoms with Gasteiger partial charge in [-0.15, -0.1) is 0 Å². The number of nitrogens with zero attached hydrogens (tertiary/aromatic N) is 2. The number of nitrogens with one attached hydrogen (secondary N) is 2. The van der Waals surface area contributed by atoms with Crippen molar-refractivity contribution in [1.29, 1.82) is 0 Å². The van der Waals surface area contributed by atoms with Crippen molar-refractivity contribution in [3.8, 4) is 0 Å². The van der Waals surface area contributed by atoms with Crippen LogP contribution in [0.5, 0.6) is 0 Å². The molecule has 0 spiro atoms. The first kappa shape index (κ1) is 26.1. The summed E-state index contributed by atoms with van der Waals surface area (Å²) >= 11 is 12.7. The molecule has 0 aliphatic carbocycles. The van der Waals surface area contributed by atoms with Gasteiger partial charge in [0.15, 0.2) is 0 Å². The van der Waals surface area contributed by atoms with Gasteiger partial charge in [-0.3, -0.25) is 9.97 Å². The lowest BCUT2D eigenvalue weighted by atomic mass is 10.0. The van der Waals surface area contributed by atoms with Gasteiger partial charge in [0.05, 0.1) is 11.0 Å². The second kappa shape index (κ2) is 11.2. The molecule has 0 saturated carbocycles. The predicted molar refractivity (Wildman–Crippen MR) is 170 cm³/mol. The lowest BCUT2D eigenvalue weighted by Gasteiger charge is -2.17. The minimum atomic E-state index is 0.693. The smallest absolute Gasteiger partial charge is 0.0727 e. The fourth-order valence-corrected chi connectivity index (χ4v) is 5.49. The van der Waals surface area contributed by atoms with Gasteiger partial charge in [-0.25, -0.2) is 0 Å². The number of hydrogen-bond donors (Lipinski definition) is 2. The van der Waals surface area contributed by atoms with Crippen molar-refractivity contribution in [2.24, 2.45) is 0 Å². The summed E-state index contributed by atoms with van der Waals surface area (Å²) in [5, 5.41) is 10.7. The van der Waals surface area contributed by atoms with Crippen molar-refractivity contribution < 1.29 is 0 Å². The van der Waals surface area contributed by atoms with Crippen molar-refractivity contribution in [3.63, 3.8) is 0 Å². The van der Waals surface area contributed by atoms with Crippen LogP contribution >= 0.6 is 23.2 Å². The Morgan fingerprint density at radius 3 is 1.40 bits per heavy atom. The minimum Gasteiger partial charge on any atom is -0.355 e. The van der Waals surface area contributed by atoms with E-state index in [0.717, 1.165) is 68.8 Å². The molecule has 4 nitrogen and oxygen atoms in total. The number of benzene rings is 4. The van der Waals surface area contributed by atoms with Crippen molar-refractivity contribution in [1.82, 2.24) is 9.97 Å². The third-order valence-corrected chi connectivity index (χ3v) is 7.50. The van der Waals surface area contributed by atoms with Gasteiger partial charge in [0.25, 0.3) is 0 Å². The Kier molecular flexibility index (Phi) is 7.29. The number of halogens is 2. The maximum atomic E-state index is 6.33. The first-order valence-electron chi connectivity index (χ1n) is 13.3. The number of fused-ring (bicyclic) bond motifs is 2. The van der Waals surface area contributed by atoms with E-state index in [-0.39, 0.29) is 0 Å². The normalized spacial score (nSPS) is 11.2. The van der Waals surface area contributed by atoms with Gasteiger partial charge >= 0.3 is 0 Å². The first-order chi connectivity index (χ1) is 19.4. The van der Waals surface area contributed by atoms with E-state index in [2.05, 4.69) is 81.3 Å². The van der Waals surface area contributed by atoms with Gasteiger partial charge in [-0.2, -0.15) is 0 Å². The molecule has 2 N–H and O–H groups in total. The molecular weight excluding hydrogens is 535 g/mol. The summed E-state index contributed by atoms with van der Waals surface area (Å²) in [4.78, 5) is 9.35. The van der Waals surface area contributed by atoms with E-state index in [9.17, 15) is 0 Å². The van der Waals surface area contributed by atoms with E-state index in [1.807, 2.05) is 50.2 Å². The molecule has 4 aromatic carbocycles.